The molecule has 5 atom stereocenters. The van der Waals surface area contributed by atoms with Crippen LogP contribution in [0.25, 0.3) is 11.1 Å². The van der Waals surface area contributed by atoms with Gasteiger partial charge in [0.25, 0.3) is 0 Å². The summed E-state index contributed by atoms with van der Waals surface area (Å²) in [6, 6.07) is 14.9. The van der Waals surface area contributed by atoms with Crippen LogP contribution in [0.1, 0.15) is 73.3 Å². The summed E-state index contributed by atoms with van der Waals surface area (Å²) < 4.78 is 27.0. The average Bonchev–Trinajstić information content (AvgIpc) is 3.92. The highest BCUT2D eigenvalue weighted by molar-refractivity contribution is 5.71. The zero-order chi connectivity index (χ0) is 28.2. The van der Waals surface area contributed by atoms with Gasteiger partial charge in [-0.05, 0) is 96.7 Å². The minimum atomic E-state index is -0.746. The number of benzene rings is 2. The molecular weight excluding hydrogens is 519 g/mol. The Morgan fingerprint density at radius 3 is 2.71 bits per heavy atom. The Morgan fingerprint density at radius 1 is 1.15 bits per heavy atom. The number of ether oxygens (including phenoxy) is 2. The maximum Gasteiger partial charge on any atom is 0.306 e. The van der Waals surface area contributed by atoms with E-state index in [1.165, 1.54) is 24.6 Å². The fourth-order valence-corrected chi connectivity index (χ4v) is 7.25. The molecule has 0 amide bonds. The predicted octanol–water partition coefficient (Wildman–Crippen LogP) is 6.77. The maximum absolute atomic E-state index is 15.1. The average molecular weight is 557 g/mol. The second-order valence-electron chi connectivity index (χ2n) is 12.4. The summed E-state index contributed by atoms with van der Waals surface area (Å²) >= 11 is 0. The normalized spacial score (nSPS) is 24.6. The highest BCUT2D eigenvalue weighted by Gasteiger charge is 2.46. The number of nitrogens with zero attached hydrogens (tertiary/aromatic N) is 2. The lowest BCUT2D eigenvalue weighted by Crippen LogP contribution is -2.23. The molecule has 7 heteroatoms. The van der Waals surface area contributed by atoms with Crippen molar-refractivity contribution in [3.8, 4) is 22.8 Å². The third-order valence-corrected chi connectivity index (χ3v) is 9.82. The number of methoxy groups -OCH3 is 1. The van der Waals surface area contributed by atoms with Gasteiger partial charge < -0.3 is 14.6 Å². The molecule has 3 fully saturated rings. The summed E-state index contributed by atoms with van der Waals surface area (Å²) in [7, 11) is 1.55. The summed E-state index contributed by atoms with van der Waals surface area (Å²) in [5.74, 6) is 0.965. The Kier molecular flexibility index (Phi) is 6.73. The Labute approximate surface area is 240 Å². The van der Waals surface area contributed by atoms with E-state index in [2.05, 4.69) is 40.2 Å². The summed E-state index contributed by atoms with van der Waals surface area (Å²) in [5, 5.41) is 9.75. The van der Waals surface area contributed by atoms with Gasteiger partial charge in [0, 0.05) is 24.2 Å². The van der Waals surface area contributed by atoms with Crippen molar-refractivity contribution in [3.63, 3.8) is 0 Å². The Morgan fingerprint density at radius 2 is 2.00 bits per heavy atom. The molecule has 41 heavy (non-hydrogen) atoms. The SMILES string of the molecule is COc1cc(-c2ccc(C3CCc4ccc([C@H](C5CC5)[C@H](C)C(=O)O)cc4O3)cc2CN2CCC3CC32)c(F)cn1. The van der Waals surface area contributed by atoms with E-state index in [1.54, 1.807) is 13.2 Å². The molecule has 0 spiro atoms. The van der Waals surface area contributed by atoms with Gasteiger partial charge >= 0.3 is 5.97 Å². The van der Waals surface area contributed by atoms with Crippen molar-refractivity contribution in [1.82, 2.24) is 9.88 Å². The number of aryl methyl sites for hydroxylation is 1. The van der Waals surface area contributed by atoms with Gasteiger partial charge in [0.05, 0.1) is 19.2 Å². The van der Waals surface area contributed by atoms with Gasteiger partial charge in [-0.3, -0.25) is 9.69 Å². The van der Waals surface area contributed by atoms with Crippen molar-refractivity contribution < 1.29 is 23.8 Å². The highest BCUT2D eigenvalue weighted by atomic mass is 19.1. The lowest BCUT2D eigenvalue weighted by molar-refractivity contribution is -0.142. The molecule has 4 aliphatic rings. The van der Waals surface area contributed by atoms with E-state index >= 15 is 4.39 Å². The molecule has 3 heterocycles. The van der Waals surface area contributed by atoms with Gasteiger partial charge in [0.2, 0.25) is 5.88 Å². The number of hydrogen-bond acceptors (Lipinski definition) is 5. The number of fused-ring (bicyclic) bond motifs is 2. The van der Waals surface area contributed by atoms with Crippen LogP contribution in [-0.4, -0.2) is 40.7 Å². The molecule has 214 valence electrons. The second-order valence-corrected chi connectivity index (χ2v) is 12.4. The summed E-state index contributed by atoms with van der Waals surface area (Å²) in [4.78, 5) is 18.4. The molecule has 3 aromatic rings. The topological polar surface area (TPSA) is 71.9 Å². The number of rotatable bonds is 9. The minimum Gasteiger partial charge on any atom is -0.485 e. The molecule has 6 nitrogen and oxygen atoms in total. The minimum absolute atomic E-state index is 0.00613. The first-order chi connectivity index (χ1) is 19.9. The Balaban J connectivity index is 1.20. The Hall–Kier alpha value is -3.45. The first-order valence-electron chi connectivity index (χ1n) is 15.0. The number of carboxylic acids is 1. The van der Waals surface area contributed by atoms with E-state index in [1.807, 2.05) is 13.0 Å². The first kappa shape index (κ1) is 26.4. The smallest absolute Gasteiger partial charge is 0.306 e. The van der Waals surface area contributed by atoms with Crippen molar-refractivity contribution in [2.45, 2.75) is 70.1 Å². The lowest BCUT2D eigenvalue weighted by atomic mass is 9.82. The highest BCUT2D eigenvalue weighted by Crippen LogP contribution is 2.49. The number of aromatic nitrogens is 1. The van der Waals surface area contributed by atoms with Gasteiger partial charge in [-0.2, -0.15) is 0 Å². The van der Waals surface area contributed by atoms with E-state index < -0.39 is 11.9 Å². The standard InChI is InChI=1S/C34H37FN2O4/c1-19(34(38)39)33(21-4-5-21)24-6-3-20-8-10-30(41-31(20)15-24)23-7-9-26(27-16-32(40-2)36-17-28(27)35)25(13-23)18-37-12-11-22-14-29(22)37/h3,6-7,9,13,15-17,19,21-22,29-30,33H,4-5,8,10-12,14,18H2,1-2H3,(H,38,39)/t19-,22?,29?,30?,33-/m0/s1. The van der Waals surface area contributed by atoms with Crippen LogP contribution in [0.3, 0.4) is 0 Å². The molecule has 1 aromatic heterocycles. The van der Waals surface area contributed by atoms with Crippen LogP contribution in [0.2, 0.25) is 0 Å². The van der Waals surface area contributed by atoms with E-state index in [-0.39, 0.29) is 17.8 Å². The quantitative estimate of drug-likeness (QED) is 0.314. The van der Waals surface area contributed by atoms with E-state index in [0.29, 0.717) is 23.4 Å². The third-order valence-electron chi connectivity index (χ3n) is 9.82. The zero-order valence-corrected chi connectivity index (χ0v) is 23.7. The third kappa shape index (κ3) is 5.09. The number of hydrogen-bond donors (Lipinski definition) is 1. The summed E-state index contributed by atoms with van der Waals surface area (Å²) in [6.45, 7) is 3.68. The van der Waals surface area contributed by atoms with Crippen LogP contribution in [0.15, 0.2) is 48.7 Å². The number of carboxylic acid groups (broad SMARTS) is 1. The molecule has 2 aliphatic carbocycles. The molecule has 2 aromatic carbocycles. The van der Waals surface area contributed by atoms with Gasteiger partial charge in [0.15, 0.2) is 0 Å². The number of pyridine rings is 1. The largest absolute Gasteiger partial charge is 0.485 e. The van der Waals surface area contributed by atoms with Gasteiger partial charge in [0.1, 0.15) is 17.7 Å². The molecule has 2 aliphatic heterocycles. The van der Waals surface area contributed by atoms with Crippen molar-refractivity contribution in [3.05, 3.63) is 76.7 Å². The lowest BCUT2D eigenvalue weighted by Gasteiger charge is -2.29. The van der Waals surface area contributed by atoms with Crippen LogP contribution >= 0.6 is 0 Å². The van der Waals surface area contributed by atoms with Crippen molar-refractivity contribution in [2.75, 3.05) is 13.7 Å². The maximum atomic E-state index is 15.1. The summed E-state index contributed by atoms with van der Waals surface area (Å²) in [6.07, 6.45) is 7.54. The first-order valence-corrected chi connectivity index (χ1v) is 15.0. The fraction of sp³-hybridized carbons (Fsp3) is 0.471. The number of aliphatic carboxylic acids is 1. The molecule has 7 rings (SSSR count). The van der Waals surface area contributed by atoms with Crippen LogP contribution in [0.4, 0.5) is 4.39 Å². The molecule has 0 radical (unpaired) electrons. The van der Waals surface area contributed by atoms with Crippen molar-refractivity contribution in [1.29, 1.82) is 0 Å². The number of likely N-dealkylation sites (tertiary alicyclic amines) is 1. The van der Waals surface area contributed by atoms with Crippen molar-refractivity contribution >= 4 is 5.97 Å². The van der Waals surface area contributed by atoms with Crippen molar-refractivity contribution in [2.24, 2.45) is 17.8 Å². The summed E-state index contributed by atoms with van der Waals surface area (Å²) in [5.41, 5.74) is 5.78. The molecular formula is C34H37FN2O4. The number of carbonyl (C=O) groups is 1. The van der Waals surface area contributed by atoms with Crippen LogP contribution < -0.4 is 9.47 Å². The van der Waals surface area contributed by atoms with Crippen LogP contribution in [0, 0.1) is 23.6 Å². The number of piperidine rings is 1. The van der Waals surface area contributed by atoms with Gasteiger partial charge in [-0.1, -0.05) is 37.3 Å². The monoisotopic (exact) mass is 556 g/mol. The van der Waals surface area contributed by atoms with Gasteiger partial charge in [-0.25, -0.2) is 9.37 Å². The molecule has 1 saturated heterocycles. The molecule has 1 N–H and O–H groups in total. The fourth-order valence-electron chi connectivity index (χ4n) is 7.25. The number of halogens is 1. The second kappa shape index (κ2) is 10.4. The predicted molar refractivity (Wildman–Crippen MR) is 154 cm³/mol. The van der Waals surface area contributed by atoms with E-state index in [4.69, 9.17) is 9.47 Å². The Bertz CT molecular complexity index is 1490. The van der Waals surface area contributed by atoms with Crippen LogP contribution in [-0.2, 0) is 17.8 Å². The van der Waals surface area contributed by atoms with Crippen LogP contribution in [0.5, 0.6) is 11.6 Å². The molecule has 2 saturated carbocycles. The van der Waals surface area contributed by atoms with E-state index in [0.717, 1.165) is 72.7 Å². The van der Waals surface area contributed by atoms with E-state index in [9.17, 15) is 9.90 Å². The molecule has 3 unspecified atom stereocenters. The molecule has 0 bridgehead atoms. The zero-order valence-electron chi connectivity index (χ0n) is 23.7. The van der Waals surface area contributed by atoms with Gasteiger partial charge in [-0.15, -0.1) is 0 Å².